The van der Waals surface area contributed by atoms with Crippen molar-refractivity contribution in [2.24, 2.45) is 0 Å². The van der Waals surface area contributed by atoms with Crippen molar-refractivity contribution in [1.82, 2.24) is 4.57 Å². The lowest BCUT2D eigenvalue weighted by atomic mass is 10.00. The van der Waals surface area contributed by atoms with Gasteiger partial charge in [-0.15, -0.1) is 0 Å². The predicted molar refractivity (Wildman–Crippen MR) is 93.0 cm³/mol. The highest BCUT2D eigenvalue weighted by molar-refractivity contribution is 5.97. The van der Waals surface area contributed by atoms with Crippen molar-refractivity contribution in [3.8, 4) is 0 Å². The summed E-state index contributed by atoms with van der Waals surface area (Å²) in [6.07, 6.45) is 1.49. The molecule has 1 aliphatic rings. The molecule has 1 aromatic heterocycles. The van der Waals surface area contributed by atoms with Gasteiger partial charge in [-0.1, -0.05) is 36.4 Å². The van der Waals surface area contributed by atoms with Gasteiger partial charge >= 0.3 is 5.97 Å². The summed E-state index contributed by atoms with van der Waals surface area (Å²) in [5, 5.41) is 9.86. The van der Waals surface area contributed by atoms with Crippen LogP contribution >= 0.6 is 0 Å². The van der Waals surface area contributed by atoms with Gasteiger partial charge in [-0.05, 0) is 17.7 Å². The van der Waals surface area contributed by atoms with Crippen LogP contribution in [0.4, 0.5) is 5.69 Å². The summed E-state index contributed by atoms with van der Waals surface area (Å²) >= 11 is 0. The zero-order valence-electron chi connectivity index (χ0n) is 13.1. The van der Waals surface area contributed by atoms with Crippen LogP contribution in [0.5, 0.6) is 0 Å². The van der Waals surface area contributed by atoms with E-state index in [0.717, 1.165) is 16.8 Å². The number of para-hydroxylation sites is 1. The molecule has 0 aliphatic carbocycles. The fraction of sp³-hybridized carbons (Fsp3) is 0.158. The fourth-order valence-corrected chi connectivity index (χ4v) is 3.49. The van der Waals surface area contributed by atoms with E-state index in [1.807, 2.05) is 48.0 Å². The first-order valence-electron chi connectivity index (χ1n) is 7.75. The van der Waals surface area contributed by atoms with Crippen molar-refractivity contribution in [3.05, 3.63) is 76.1 Å². The minimum Gasteiger partial charge on any atom is -0.477 e. The molecule has 5 nitrogen and oxygen atoms in total. The molecule has 1 aliphatic heterocycles. The molecule has 3 aromatic rings. The Morgan fingerprint density at radius 1 is 1.12 bits per heavy atom. The van der Waals surface area contributed by atoms with Crippen molar-refractivity contribution in [2.75, 3.05) is 18.5 Å². The number of carbonyl (C=O) groups is 1. The van der Waals surface area contributed by atoms with Crippen LogP contribution < -0.4 is 10.3 Å². The number of aromatic carboxylic acids is 1. The number of aromatic nitrogens is 1. The highest BCUT2D eigenvalue weighted by atomic mass is 16.4. The Bertz CT molecular complexity index is 1010. The second-order valence-corrected chi connectivity index (χ2v) is 6.06. The van der Waals surface area contributed by atoms with Gasteiger partial charge in [0.2, 0.25) is 5.43 Å². The lowest BCUT2D eigenvalue weighted by Crippen LogP contribution is -2.35. The van der Waals surface area contributed by atoms with E-state index in [9.17, 15) is 14.7 Å². The van der Waals surface area contributed by atoms with E-state index in [1.54, 1.807) is 12.1 Å². The van der Waals surface area contributed by atoms with Gasteiger partial charge in [0, 0.05) is 25.2 Å². The SMILES string of the molecule is CN1CC(c2ccccc2)n2cc(C(=O)O)c(=O)c3cccc1c32. The van der Waals surface area contributed by atoms with Crippen LogP contribution in [0.25, 0.3) is 10.9 Å². The van der Waals surface area contributed by atoms with E-state index in [2.05, 4.69) is 4.90 Å². The largest absolute Gasteiger partial charge is 0.477 e. The number of pyridine rings is 1. The topological polar surface area (TPSA) is 62.5 Å². The zero-order valence-corrected chi connectivity index (χ0v) is 13.1. The second-order valence-electron chi connectivity index (χ2n) is 6.06. The predicted octanol–water partition coefficient (Wildman–Crippen LogP) is 2.74. The molecular weight excluding hydrogens is 304 g/mol. The minimum atomic E-state index is -1.19. The number of hydrogen-bond donors (Lipinski definition) is 1. The van der Waals surface area contributed by atoms with Crippen molar-refractivity contribution in [1.29, 1.82) is 0 Å². The molecule has 0 radical (unpaired) electrons. The van der Waals surface area contributed by atoms with Crippen molar-refractivity contribution in [3.63, 3.8) is 0 Å². The Balaban J connectivity index is 2.11. The highest BCUT2D eigenvalue weighted by Crippen LogP contribution is 2.35. The van der Waals surface area contributed by atoms with Gasteiger partial charge in [-0.25, -0.2) is 4.79 Å². The molecule has 0 spiro atoms. The Labute approximate surface area is 138 Å². The molecule has 5 heteroatoms. The minimum absolute atomic E-state index is 0.0488. The average Bonchev–Trinajstić information content (AvgIpc) is 2.60. The fourth-order valence-electron chi connectivity index (χ4n) is 3.49. The van der Waals surface area contributed by atoms with Crippen LogP contribution in [-0.4, -0.2) is 29.2 Å². The Kier molecular flexibility index (Phi) is 3.16. The van der Waals surface area contributed by atoms with E-state index in [-0.39, 0.29) is 11.6 Å². The summed E-state index contributed by atoms with van der Waals surface area (Å²) in [5.74, 6) is -1.19. The first-order valence-corrected chi connectivity index (χ1v) is 7.75. The van der Waals surface area contributed by atoms with Gasteiger partial charge in [-0.2, -0.15) is 0 Å². The monoisotopic (exact) mass is 320 g/mol. The van der Waals surface area contributed by atoms with Gasteiger partial charge in [0.1, 0.15) is 5.56 Å². The Hall–Kier alpha value is -3.08. The number of benzene rings is 2. The summed E-state index contributed by atoms with van der Waals surface area (Å²) in [6.45, 7) is 0.706. The molecule has 24 heavy (non-hydrogen) atoms. The average molecular weight is 320 g/mol. The molecular formula is C19H16N2O3. The van der Waals surface area contributed by atoms with Crippen molar-refractivity contribution >= 4 is 22.6 Å². The molecule has 1 atom stereocenters. The molecule has 0 saturated carbocycles. The maximum atomic E-state index is 12.6. The van der Waals surface area contributed by atoms with E-state index >= 15 is 0 Å². The molecule has 1 unspecified atom stereocenters. The lowest BCUT2D eigenvalue weighted by molar-refractivity contribution is 0.0694. The van der Waals surface area contributed by atoms with E-state index in [4.69, 9.17) is 0 Å². The van der Waals surface area contributed by atoms with E-state index in [1.165, 1.54) is 6.20 Å². The van der Waals surface area contributed by atoms with Crippen LogP contribution in [0.15, 0.2) is 59.5 Å². The number of carboxylic acids is 1. The van der Waals surface area contributed by atoms with Crippen molar-refractivity contribution < 1.29 is 9.90 Å². The summed E-state index contributed by atoms with van der Waals surface area (Å²) in [5.41, 5.74) is 2.19. The van der Waals surface area contributed by atoms with E-state index < -0.39 is 11.4 Å². The number of anilines is 1. The molecule has 0 amide bonds. The number of rotatable bonds is 2. The lowest BCUT2D eigenvalue weighted by Gasteiger charge is -2.36. The van der Waals surface area contributed by atoms with E-state index in [0.29, 0.717) is 11.9 Å². The summed E-state index contributed by atoms with van der Waals surface area (Å²) in [6, 6.07) is 15.3. The summed E-state index contributed by atoms with van der Waals surface area (Å²) < 4.78 is 1.94. The van der Waals surface area contributed by atoms with Crippen LogP contribution in [0, 0.1) is 0 Å². The molecule has 0 bridgehead atoms. The molecule has 120 valence electrons. The van der Waals surface area contributed by atoms with Gasteiger partial charge in [0.15, 0.2) is 0 Å². The van der Waals surface area contributed by atoms with Crippen LogP contribution in [-0.2, 0) is 0 Å². The van der Waals surface area contributed by atoms with Gasteiger partial charge in [-0.3, -0.25) is 4.79 Å². The number of likely N-dealkylation sites (N-methyl/N-ethyl adjacent to an activating group) is 1. The van der Waals surface area contributed by atoms with Crippen molar-refractivity contribution in [2.45, 2.75) is 6.04 Å². The Morgan fingerprint density at radius 3 is 2.58 bits per heavy atom. The Morgan fingerprint density at radius 2 is 1.88 bits per heavy atom. The third kappa shape index (κ3) is 2.01. The molecule has 0 saturated heterocycles. The van der Waals surface area contributed by atoms with Crippen LogP contribution in [0.1, 0.15) is 22.0 Å². The number of nitrogens with zero attached hydrogens (tertiary/aromatic N) is 2. The first kappa shape index (κ1) is 14.5. The first-order chi connectivity index (χ1) is 11.6. The molecule has 0 fully saturated rings. The van der Waals surface area contributed by atoms with Gasteiger partial charge in [0.25, 0.3) is 0 Å². The highest BCUT2D eigenvalue weighted by Gasteiger charge is 2.27. The standard InChI is InChI=1S/C19H16N2O3/c1-20-11-16(12-6-3-2-4-7-12)21-10-14(19(23)24)18(22)13-8-5-9-15(20)17(13)21/h2-10,16H,11H2,1H3,(H,23,24). The summed E-state index contributed by atoms with van der Waals surface area (Å²) in [7, 11) is 1.99. The smallest absolute Gasteiger partial charge is 0.341 e. The number of carboxylic acid groups (broad SMARTS) is 1. The molecule has 4 rings (SSSR count). The maximum absolute atomic E-state index is 12.6. The number of hydrogen-bond acceptors (Lipinski definition) is 3. The van der Waals surface area contributed by atoms with Gasteiger partial charge < -0.3 is 14.6 Å². The van der Waals surface area contributed by atoms with Gasteiger partial charge in [0.05, 0.1) is 17.2 Å². The zero-order chi connectivity index (χ0) is 16.8. The summed E-state index contributed by atoms with van der Waals surface area (Å²) in [4.78, 5) is 26.2. The maximum Gasteiger partial charge on any atom is 0.341 e. The molecule has 2 heterocycles. The quantitative estimate of drug-likeness (QED) is 0.788. The van der Waals surface area contributed by atoms with Crippen LogP contribution in [0.2, 0.25) is 0 Å². The third-order valence-corrected chi connectivity index (χ3v) is 4.64. The second kappa shape index (κ2) is 5.23. The molecule has 1 N–H and O–H groups in total. The normalized spacial score (nSPS) is 16.4. The third-order valence-electron chi connectivity index (χ3n) is 4.64. The molecule has 2 aromatic carbocycles. The van der Waals surface area contributed by atoms with Crippen LogP contribution in [0.3, 0.4) is 0 Å².